The summed E-state index contributed by atoms with van der Waals surface area (Å²) in [4.78, 5) is 3.46. The molecular formula is C13H21ClN2+2. The van der Waals surface area contributed by atoms with Crippen LogP contribution in [-0.4, -0.2) is 32.7 Å². The summed E-state index contributed by atoms with van der Waals surface area (Å²) in [5.41, 5.74) is 1.40. The second kappa shape index (κ2) is 5.67. The van der Waals surface area contributed by atoms with Crippen LogP contribution in [0.25, 0.3) is 0 Å². The lowest BCUT2D eigenvalue weighted by molar-refractivity contribution is -1.02. The molecule has 1 saturated heterocycles. The Morgan fingerprint density at radius 2 is 1.56 bits per heavy atom. The van der Waals surface area contributed by atoms with Gasteiger partial charge in [0, 0.05) is 10.6 Å². The van der Waals surface area contributed by atoms with Crippen molar-refractivity contribution in [3.05, 3.63) is 34.9 Å². The van der Waals surface area contributed by atoms with Crippen molar-refractivity contribution in [1.82, 2.24) is 0 Å². The van der Waals surface area contributed by atoms with Crippen LogP contribution >= 0.6 is 11.6 Å². The first-order chi connectivity index (χ1) is 7.78. The Hall–Kier alpha value is -0.570. The molecule has 0 unspecified atom stereocenters. The third-order valence-corrected chi connectivity index (χ3v) is 3.78. The maximum atomic E-state index is 5.88. The van der Waals surface area contributed by atoms with E-state index in [1.54, 1.807) is 9.80 Å². The van der Waals surface area contributed by atoms with Gasteiger partial charge in [-0.3, -0.25) is 0 Å². The van der Waals surface area contributed by atoms with Gasteiger partial charge >= 0.3 is 0 Å². The Labute approximate surface area is 103 Å². The number of hydrogen-bond donors (Lipinski definition) is 2. The summed E-state index contributed by atoms with van der Waals surface area (Å²) in [6.45, 7) is 9.93. The van der Waals surface area contributed by atoms with E-state index in [1.165, 1.54) is 38.3 Å². The summed E-state index contributed by atoms with van der Waals surface area (Å²) < 4.78 is 0. The predicted molar refractivity (Wildman–Crippen MR) is 67.1 cm³/mol. The summed E-state index contributed by atoms with van der Waals surface area (Å²) >= 11 is 5.88. The van der Waals surface area contributed by atoms with E-state index < -0.39 is 0 Å². The fourth-order valence-electron chi connectivity index (χ4n) is 2.38. The van der Waals surface area contributed by atoms with E-state index in [9.17, 15) is 0 Å². The standard InChI is InChI=1S/C13H19ClN2/c1-2-15-7-9-16(10-8-15)11-12-3-5-13(14)6-4-12/h3-6H,2,7-11H2,1H3/p+2. The highest BCUT2D eigenvalue weighted by Crippen LogP contribution is 2.08. The SMILES string of the molecule is CC[NH+]1CC[NH+](Cc2ccc(Cl)cc2)CC1. The molecule has 0 aromatic heterocycles. The molecule has 0 radical (unpaired) electrons. The van der Waals surface area contributed by atoms with E-state index in [4.69, 9.17) is 11.6 Å². The Balaban J connectivity index is 1.84. The van der Waals surface area contributed by atoms with Crippen molar-refractivity contribution >= 4 is 11.6 Å². The molecular weight excluding hydrogens is 220 g/mol. The molecule has 2 nitrogen and oxygen atoms in total. The van der Waals surface area contributed by atoms with Crippen LogP contribution < -0.4 is 9.80 Å². The second-order valence-electron chi connectivity index (χ2n) is 4.66. The van der Waals surface area contributed by atoms with Gasteiger partial charge in [-0.15, -0.1) is 0 Å². The number of benzene rings is 1. The van der Waals surface area contributed by atoms with Gasteiger partial charge in [-0.25, -0.2) is 0 Å². The van der Waals surface area contributed by atoms with Gasteiger partial charge in [-0.05, 0) is 19.1 Å². The average molecular weight is 241 g/mol. The van der Waals surface area contributed by atoms with Crippen LogP contribution in [0.15, 0.2) is 24.3 Å². The molecule has 0 aliphatic carbocycles. The van der Waals surface area contributed by atoms with E-state index in [-0.39, 0.29) is 0 Å². The zero-order valence-corrected chi connectivity index (χ0v) is 10.7. The molecule has 88 valence electrons. The summed E-state index contributed by atoms with van der Waals surface area (Å²) in [7, 11) is 0. The number of piperazine rings is 1. The van der Waals surface area contributed by atoms with Crippen molar-refractivity contribution in [2.45, 2.75) is 13.5 Å². The minimum absolute atomic E-state index is 0.832. The molecule has 16 heavy (non-hydrogen) atoms. The van der Waals surface area contributed by atoms with E-state index in [1.807, 2.05) is 12.1 Å². The van der Waals surface area contributed by atoms with Gasteiger partial charge in [0.05, 0.1) is 6.54 Å². The molecule has 2 rings (SSSR count). The Bertz CT molecular complexity index is 315. The summed E-state index contributed by atoms with van der Waals surface area (Å²) in [5, 5.41) is 0.832. The molecule has 2 N–H and O–H groups in total. The quantitative estimate of drug-likeness (QED) is 0.715. The minimum Gasteiger partial charge on any atom is -0.326 e. The summed E-state index contributed by atoms with van der Waals surface area (Å²) in [6.07, 6.45) is 0. The molecule has 0 bridgehead atoms. The van der Waals surface area contributed by atoms with Crippen molar-refractivity contribution in [1.29, 1.82) is 0 Å². The highest BCUT2D eigenvalue weighted by Gasteiger charge is 2.21. The summed E-state index contributed by atoms with van der Waals surface area (Å²) in [5.74, 6) is 0. The van der Waals surface area contributed by atoms with Crippen LogP contribution in [0.3, 0.4) is 0 Å². The third kappa shape index (κ3) is 3.21. The van der Waals surface area contributed by atoms with Crippen LogP contribution in [0.4, 0.5) is 0 Å². The van der Waals surface area contributed by atoms with Crippen molar-refractivity contribution < 1.29 is 9.80 Å². The Morgan fingerprint density at radius 1 is 1.00 bits per heavy atom. The highest BCUT2D eigenvalue weighted by atomic mass is 35.5. The maximum absolute atomic E-state index is 5.88. The Morgan fingerprint density at radius 3 is 2.12 bits per heavy atom. The predicted octanol–water partition coefficient (Wildman–Crippen LogP) is -0.357. The van der Waals surface area contributed by atoms with Crippen LogP contribution in [0.1, 0.15) is 12.5 Å². The highest BCUT2D eigenvalue weighted by molar-refractivity contribution is 6.30. The second-order valence-corrected chi connectivity index (χ2v) is 5.09. The van der Waals surface area contributed by atoms with Crippen LogP contribution in [-0.2, 0) is 6.54 Å². The molecule has 1 aliphatic rings. The molecule has 1 fully saturated rings. The number of likely N-dealkylation sites (N-methyl/N-ethyl adjacent to an activating group) is 1. The lowest BCUT2D eigenvalue weighted by atomic mass is 10.2. The molecule has 1 aromatic rings. The third-order valence-electron chi connectivity index (χ3n) is 3.53. The first kappa shape index (κ1) is 11.9. The van der Waals surface area contributed by atoms with Crippen molar-refractivity contribution in [2.75, 3.05) is 32.7 Å². The molecule has 1 aliphatic heterocycles. The molecule has 3 heteroatoms. The summed E-state index contributed by atoms with van der Waals surface area (Å²) in [6, 6.07) is 8.27. The minimum atomic E-state index is 0.832. The van der Waals surface area contributed by atoms with Gasteiger partial charge < -0.3 is 9.80 Å². The fourth-order valence-corrected chi connectivity index (χ4v) is 2.50. The number of rotatable bonds is 3. The number of hydrogen-bond acceptors (Lipinski definition) is 0. The largest absolute Gasteiger partial charge is 0.326 e. The zero-order valence-electron chi connectivity index (χ0n) is 9.93. The van der Waals surface area contributed by atoms with Crippen molar-refractivity contribution in [3.63, 3.8) is 0 Å². The fraction of sp³-hybridized carbons (Fsp3) is 0.538. The molecule has 1 heterocycles. The number of quaternary nitrogens is 2. The molecule has 0 atom stereocenters. The molecule has 1 aromatic carbocycles. The van der Waals surface area contributed by atoms with E-state index in [2.05, 4.69) is 19.1 Å². The van der Waals surface area contributed by atoms with Gasteiger partial charge in [0.2, 0.25) is 0 Å². The Kier molecular flexibility index (Phi) is 4.22. The van der Waals surface area contributed by atoms with Gasteiger partial charge in [0.15, 0.2) is 0 Å². The monoisotopic (exact) mass is 240 g/mol. The smallest absolute Gasteiger partial charge is 0.127 e. The van der Waals surface area contributed by atoms with Crippen LogP contribution in [0, 0.1) is 0 Å². The first-order valence-corrected chi connectivity index (χ1v) is 6.57. The van der Waals surface area contributed by atoms with Gasteiger partial charge in [0.25, 0.3) is 0 Å². The van der Waals surface area contributed by atoms with Gasteiger partial charge in [-0.2, -0.15) is 0 Å². The van der Waals surface area contributed by atoms with E-state index in [0.717, 1.165) is 11.6 Å². The van der Waals surface area contributed by atoms with E-state index in [0.29, 0.717) is 0 Å². The van der Waals surface area contributed by atoms with E-state index >= 15 is 0 Å². The van der Waals surface area contributed by atoms with Crippen LogP contribution in [0.2, 0.25) is 5.02 Å². The van der Waals surface area contributed by atoms with Crippen molar-refractivity contribution in [2.24, 2.45) is 0 Å². The average Bonchev–Trinajstić information content (AvgIpc) is 2.33. The first-order valence-electron chi connectivity index (χ1n) is 6.19. The van der Waals surface area contributed by atoms with Crippen LogP contribution in [0.5, 0.6) is 0 Å². The van der Waals surface area contributed by atoms with Crippen molar-refractivity contribution in [3.8, 4) is 0 Å². The number of halogens is 1. The van der Waals surface area contributed by atoms with Gasteiger partial charge in [0.1, 0.15) is 32.7 Å². The van der Waals surface area contributed by atoms with Gasteiger partial charge in [-0.1, -0.05) is 23.7 Å². The topological polar surface area (TPSA) is 8.88 Å². The molecule has 0 saturated carbocycles. The lowest BCUT2D eigenvalue weighted by Crippen LogP contribution is -3.27. The molecule has 0 amide bonds. The maximum Gasteiger partial charge on any atom is 0.127 e. The molecule has 0 spiro atoms. The lowest BCUT2D eigenvalue weighted by Gasteiger charge is -2.29. The normalized spacial score (nSPS) is 25.6. The number of nitrogens with one attached hydrogen (secondary N) is 2. The zero-order chi connectivity index (χ0) is 11.4.